The minimum absolute atomic E-state index is 0.0360. The minimum atomic E-state index is 0.0360. The van der Waals surface area contributed by atoms with Crippen LogP contribution in [0.25, 0.3) is 0 Å². The van der Waals surface area contributed by atoms with Crippen LogP contribution in [0.15, 0.2) is 29.2 Å². The van der Waals surface area contributed by atoms with Crippen molar-refractivity contribution in [2.45, 2.75) is 24.0 Å². The largest absolute Gasteiger partial charge is 0.351 e. The Morgan fingerprint density at radius 3 is 2.76 bits per heavy atom. The molecule has 1 aliphatic rings. The fraction of sp³-hybridized carbons (Fsp3) is 0.562. The third-order valence-corrected chi connectivity index (χ3v) is 4.50. The van der Waals surface area contributed by atoms with Crippen molar-refractivity contribution < 1.29 is 4.79 Å². The van der Waals surface area contributed by atoms with Crippen LogP contribution in [0, 0.1) is 0 Å². The maximum absolute atomic E-state index is 12.3. The Balaban J connectivity index is 1.85. The average molecular weight is 307 g/mol. The second kappa shape index (κ2) is 8.41. The lowest BCUT2D eigenvalue weighted by molar-refractivity contribution is 0.0944. The molecule has 0 radical (unpaired) electrons. The molecule has 1 saturated heterocycles. The van der Waals surface area contributed by atoms with Crippen LogP contribution in [0.2, 0.25) is 0 Å². The third-order valence-electron chi connectivity index (χ3n) is 3.42. The molecule has 1 heterocycles. The van der Waals surface area contributed by atoms with Crippen molar-refractivity contribution in [2.75, 3.05) is 39.3 Å². The molecule has 5 heteroatoms. The second-order valence-corrected chi connectivity index (χ2v) is 7.13. The fourth-order valence-electron chi connectivity index (χ4n) is 2.37. The summed E-state index contributed by atoms with van der Waals surface area (Å²) >= 11 is 1.74. The average Bonchev–Trinajstić information content (AvgIpc) is 2.48. The lowest BCUT2D eigenvalue weighted by Gasteiger charge is -2.27. The Morgan fingerprint density at radius 1 is 1.33 bits per heavy atom. The van der Waals surface area contributed by atoms with Crippen LogP contribution in [-0.4, -0.2) is 55.3 Å². The van der Waals surface area contributed by atoms with Crippen LogP contribution < -0.4 is 10.6 Å². The lowest BCUT2D eigenvalue weighted by atomic mass is 10.2. The summed E-state index contributed by atoms with van der Waals surface area (Å²) in [5, 5.41) is 6.85. The van der Waals surface area contributed by atoms with Gasteiger partial charge in [-0.05, 0) is 12.1 Å². The first kappa shape index (κ1) is 16.3. The zero-order valence-corrected chi connectivity index (χ0v) is 13.7. The van der Waals surface area contributed by atoms with Gasteiger partial charge in [-0.2, -0.15) is 0 Å². The van der Waals surface area contributed by atoms with Crippen LogP contribution in [0.5, 0.6) is 0 Å². The van der Waals surface area contributed by atoms with E-state index in [9.17, 15) is 4.79 Å². The molecule has 2 rings (SSSR count). The number of carbonyl (C=O) groups excluding carboxylic acids is 1. The summed E-state index contributed by atoms with van der Waals surface area (Å²) in [4.78, 5) is 15.8. The molecule has 1 aromatic carbocycles. The minimum Gasteiger partial charge on any atom is -0.351 e. The Kier molecular flexibility index (Phi) is 6.54. The van der Waals surface area contributed by atoms with Gasteiger partial charge in [-0.15, -0.1) is 11.8 Å². The van der Waals surface area contributed by atoms with Crippen molar-refractivity contribution in [3.8, 4) is 0 Å². The number of amides is 1. The van der Waals surface area contributed by atoms with E-state index in [2.05, 4.69) is 29.4 Å². The van der Waals surface area contributed by atoms with Crippen molar-refractivity contribution in [1.29, 1.82) is 0 Å². The highest BCUT2D eigenvalue weighted by atomic mass is 32.2. The molecule has 21 heavy (non-hydrogen) atoms. The molecule has 0 saturated carbocycles. The van der Waals surface area contributed by atoms with Crippen molar-refractivity contribution >= 4 is 17.7 Å². The summed E-state index contributed by atoms with van der Waals surface area (Å²) in [7, 11) is 0. The molecule has 1 fully saturated rings. The molecule has 4 nitrogen and oxygen atoms in total. The monoisotopic (exact) mass is 307 g/mol. The molecule has 1 aliphatic heterocycles. The SMILES string of the molecule is CC(C)Sc1ccccc1C(=O)NCCN1CCNCC1. The van der Waals surface area contributed by atoms with Gasteiger partial charge in [-0.25, -0.2) is 0 Å². The molecule has 1 amide bonds. The molecule has 0 aliphatic carbocycles. The number of piperazine rings is 1. The van der Waals surface area contributed by atoms with E-state index in [-0.39, 0.29) is 5.91 Å². The van der Waals surface area contributed by atoms with E-state index in [4.69, 9.17) is 0 Å². The summed E-state index contributed by atoms with van der Waals surface area (Å²) < 4.78 is 0. The normalized spacial score (nSPS) is 16.1. The van der Waals surface area contributed by atoms with E-state index in [0.29, 0.717) is 11.8 Å². The maximum Gasteiger partial charge on any atom is 0.252 e. The number of hydrogen-bond acceptors (Lipinski definition) is 4. The molecule has 0 atom stereocenters. The highest BCUT2D eigenvalue weighted by Gasteiger charge is 2.13. The molecular formula is C16H25N3OS. The number of hydrogen-bond donors (Lipinski definition) is 2. The summed E-state index contributed by atoms with van der Waals surface area (Å²) in [5.74, 6) is 0.0360. The molecule has 116 valence electrons. The van der Waals surface area contributed by atoms with E-state index in [1.807, 2.05) is 24.3 Å². The van der Waals surface area contributed by atoms with E-state index in [0.717, 1.165) is 43.2 Å². The number of rotatable bonds is 6. The summed E-state index contributed by atoms with van der Waals surface area (Å²) in [6.07, 6.45) is 0. The topological polar surface area (TPSA) is 44.4 Å². The van der Waals surface area contributed by atoms with Crippen molar-refractivity contribution in [2.24, 2.45) is 0 Å². The van der Waals surface area contributed by atoms with E-state index >= 15 is 0 Å². The van der Waals surface area contributed by atoms with Gasteiger partial charge in [0.1, 0.15) is 0 Å². The zero-order chi connectivity index (χ0) is 15.1. The number of benzene rings is 1. The van der Waals surface area contributed by atoms with E-state index in [1.54, 1.807) is 11.8 Å². The Hall–Kier alpha value is -1.04. The highest BCUT2D eigenvalue weighted by Crippen LogP contribution is 2.26. The second-order valence-electron chi connectivity index (χ2n) is 5.51. The number of carbonyl (C=O) groups is 1. The predicted molar refractivity (Wildman–Crippen MR) is 89.1 cm³/mol. The number of thioether (sulfide) groups is 1. The van der Waals surface area contributed by atoms with Crippen molar-refractivity contribution in [1.82, 2.24) is 15.5 Å². The van der Waals surface area contributed by atoms with Crippen LogP contribution in [0.4, 0.5) is 0 Å². The van der Waals surface area contributed by atoms with Gasteiger partial charge in [-0.1, -0.05) is 26.0 Å². The predicted octanol–water partition coefficient (Wildman–Crippen LogP) is 1.82. The van der Waals surface area contributed by atoms with E-state index < -0.39 is 0 Å². The zero-order valence-electron chi connectivity index (χ0n) is 12.9. The lowest BCUT2D eigenvalue weighted by Crippen LogP contribution is -2.46. The first-order valence-electron chi connectivity index (χ1n) is 7.64. The van der Waals surface area contributed by atoms with E-state index in [1.165, 1.54) is 0 Å². The Morgan fingerprint density at radius 2 is 2.05 bits per heavy atom. The molecule has 2 N–H and O–H groups in total. The van der Waals surface area contributed by atoms with Crippen LogP contribution in [0.1, 0.15) is 24.2 Å². The molecular weight excluding hydrogens is 282 g/mol. The van der Waals surface area contributed by atoms with Gasteiger partial charge in [0.05, 0.1) is 5.56 Å². The van der Waals surface area contributed by atoms with Crippen LogP contribution in [0.3, 0.4) is 0 Å². The quantitative estimate of drug-likeness (QED) is 0.787. The summed E-state index contributed by atoms with van der Waals surface area (Å²) in [6, 6.07) is 7.85. The first-order valence-corrected chi connectivity index (χ1v) is 8.51. The van der Waals surface area contributed by atoms with Gasteiger partial charge in [0.2, 0.25) is 0 Å². The van der Waals surface area contributed by atoms with Crippen LogP contribution in [-0.2, 0) is 0 Å². The van der Waals surface area contributed by atoms with Gasteiger partial charge in [0.25, 0.3) is 5.91 Å². The molecule has 0 spiro atoms. The maximum atomic E-state index is 12.3. The molecule has 0 aromatic heterocycles. The Labute approximate surface area is 131 Å². The molecule has 0 bridgehead atoms. The van der Waals surface area contributed by atoms with Crippen molar-refractivity contribution in [3.63, 3.8) is 0 Å². The smallest absolute Gasteiger partial charge is 0.252 e. The summed E-state index contributed by atoms with van der Waals surface area (Å²) in [6.45, 7) is 10.1. The van der Waals surface area contributed by atoms with Gasteiger partial charge in [0.15, 0.2) is 0 Å². The van der Waals surface area contributed by atoms with Gasteiger partial charge >= 0.3 is 0 Å². The Bertz CT molecular complexity index is 459. The van der Waals surface area contributed by atoms with Gasteiger partial charge in [-0.3, -0.25) is 9.69 Å². The highest BCUT2D eigenvalue weighted by molar-refractivity contribution is 8.00. The van der Waals surface area contributed by atoms with Gasteiger partial charge in [0, 0.05) is 49.4 Å². The standard InChI is InChI=1S/C16H25N3OS/c1-13(2)21-15-6-4-3-5-14(15)16(20)18-9-12-19-10-7-17-8-11-19/h3-6,13,17H,7-12H2,1-2H3,(H,18,20). The fourth-order valence-corrected chi connectivity index (χ4v) is 3.32. The van der Waals surface area contributed by atoms with Crippen molar-refractivity contribution in [3.05, 3.63) is 29.8 Å². The first-order chi connectivity index (χ1) is 10.2. The van der Waals surface area contributed by atoms with Gasteiger partial charge < -0.3 is 10.6 Å². The summed E-state index contributed by atoms with van der Waals surface area (Å²) in [5.41, 5.74) is 0.788. The molecule has 0 unspecified atom stereocenters. The molecule has 1 aromatic rings. The number of nitrogens with one attached hydrogen (secondary N) is 2. The number of nitrogens with zero attached hydrogens (tertiary/aromatic N) is 1. The van der Waals surface area contributed by atoms with Crippen LogP contribution >= 0.6 is 11.8 Å². The third kappa shape index (κ3) is 5.34.